The van der Waals surface area contributed by atoms with Crippen LogP contribution in [0.3, 0.4) is 0 Å². The van der Waals surface area contributed by atoms with Crippen LogP contribution in [0.5, 0.6) is 0 Å². The fourth-order valence-corrected chi connectivity index (χ4v) is 7.92. The fraction of sp³-hybridized carbons (Fsp3) is 0.592. The molecule has 0 aromatic carbocycles. The van der Waals surface area contributed by atoms with Crippen molar-refractivity contribution in [1.82, 2.24) is 0 Å². The molecule has 0 N–H and O–H groups in total. The molecule has 6 heteroatoms. The minimum atomic E-state index is -0.827. The smallest absolute Gasteiger partial charge is 0.306 e. The summed E-state index contributed by atoms with van der Waals surface area (Å²) in [7, 11) is 0. The first-order valence-electron chi connectivity index (χ1n) is 31.0. The topological polar surface area (TPSA) is 78.9 Å². The molecule has 0 aromatic heterocycles. The van der Waals surface area contributed by atoms with Gasteiger partial charge >= 0.3 is 17.9 Å². The Bertz CT molecular complexity index is 1740. The number of carbonyl (C=O) groups is 3. The lowest BCUT2D eigenvalue weighted by Crippen LogP contribution is -2.30. The molecule has 0 aromatic rings. The Kier molecular flexibility index (Phi) is 59.5. The lowest BCUT2D eigenvalue weighted by molar-refractivity contribution is -0.167. The van der Waals surface area contributed by atoms with E-state index in [0.717, 1.165) is 141 Å². The van der Waals surface area contributed by atoms with Crippen molar-refractivity contribution < 1.29 is 28.6 Å². The summed E-state index contributed by atoms with van der Waals surface area (Å²) in [6.45, 7) is 6.31. The molecule has 432 valence electrons. The molecule has 0 radical (unpaired) electrons. The second kappa shape index (κ2) is 63.6. The van der Waals surface area contributed by atoms with Crippen molar-refractivity contribution in [3.05, 3.63) is 158 Å². The average molecular weight is 1060 g/mol. The van der Waals surface area contributed by atoms with Gasteiger partial charge in [0, 0.05) is 19.3 Å². The van der Waals surface area contributed by atoms with Crippen molar-refractivity contribution in [2.24, 2.45) is 0 Å². The Morgan fingerprint density at radius 3 is 0.831 bits per heavy atom. The van der Waals surface area contributed by atoms with Gasteiger partial charge in [0.25, 0.3) is 0 Å². The molecule has 0 fully saturated rings. The maximum absolute atomic E-state index is 12.9. The molecule has 0 aliphatic rings. The van der Waals surface area contributed by atoms with Crippen LogP contribution in [0.4, 0.5) is 0 Å². The van der Waals surface area contributed by atoms with Crippen molar-refractivity contribution in [2.75, 3.05) is 13.2 Å². The summed E-state index contributed by atoms with van der Waals surface area (Å²) in [4.78, 5) is 38.3. The van der Waals surface area contributed by atoms with Crippen LogP contribution in [0.2, 0.25) is 0 Å². The minimum absolute atomic E-state index is 0.116. The Labute approximate surface area is 473 Å². The van der Waals surface area contributed by atoms with Gasteiger partial charge < -0.3 is 14.2 Å². The van der Waals surface area contributed by atoms with Crippen LogP contribution in [-0.2, 0) is 28.6 Å². The van der Waals surface area contributed by atoms with Gasteiger partial charge in [0.1, 0.15) is 13.2 Å². The highest BCUT2D eigenvalue weighted by Crippen LogP contribution is 2.13. The average Bonchev–Trinajstić information content (AvgIpc) is 3.43. The third-order valence-corrected chi connectivity index (χ3v) is 12.5. The SMILES string of the molecule is CC/C=C\C/C=C\C/C=C\C/C=C\C/C=C\C/C=C\CCCCCCCCC(=O)OCC(COC(=O)CCCCCCCCC/C=C\C/C=C\CCCCC)OC(=O)CCC/C=C\C/C=C\C/C=C\C/C=C\C/C=C\CC. The fourth-order valence-electron chi connectivity index (χ4n) is 7.92. The van der Waals surface area contributed by atoms with Gasteiger partial charge in [-0.25, -0.2) is 0 Å². The van der Waals surface area contributed by atoms with Crippen LogP contribution in [0.25, 0.3) is 0 Å². The Balaban J connectivity index is 4.51. The Hall–Kier alpha value is -4.97. The molecule has 0 saturated carbocycles. The summed E-state index contributed by atoms with van der Waals surface area (Å²) in [5.41, 5.74) is 0. The zero-order chi connectivity index (χ0) is 55.7. The van der Waals surface area contributed by atoms with Gasteiger partial charge in [0.15, 0.2) is 6.10 Å². The lowest BCUT2D eigenvalue weighted by Gasteiger charge is -2.18. The summed E-state index contributed by atoms with van der Waals surface area (Å²) < 4.78 is 16.8. The predicted octanol–water partition coefficient (Wildman–Crippen LogP) is 21.3. The summed E-state index contributed by atoms with van der Waals surface area (Å²) in [6.07, 6.45) is 92.4. The molecule has 0 saturated heterocycles. The third kappa shape index (κ3) is 61.8. The van der Waals surface area contributed by atoms with E-state index in [1.807, 2.05) is 0 Å². The molecule has 0 heterocycles. The first-order chi connectivity index (χ1) is 38.0. The van der Waals surface area contributed by atoms with Crippen LogP contribution in [-0.4, -0.2) is 37.2 Å². The molecular formula is C71H112O6. The van der Waals surface area contributed by atoms with Crippen molar-refractivity contribution in [1.29, 1.82) is 0 Å². The highest BCUT2D eigenvalue weighted by Gasteiger charge is 2.19. The second-order valence-corrected chi connectivity index (χ2v) is 19.8. The van der Waals surface area contributed by atoms with Crippen LogP contribution in [0.15, 0.2) is 158 Å². The lowest BCUT2D eigenvalue weighted by atomic mass is 10.1. The van der Waals surface area contributed by atoms with Gasteiger partial charge in [-0.05, 0) is 141 Å². The van der Waals surface area contributed by atoms with E-state index in [2.05, 4.69) is 179 Å². The zero-order valence-electron chi connectivity index (χ0n) is 49.4. The van der Waals surface area contributed by atoms with Crippen LogP contribution < -0.4 is 0 Å². The van der Waals surface area contributed by atoms with E-state index in [1.54, 1.807) is 0 Å². The number of allylic oxidation sites excluding steroid dienone is 26. The quantitative estimate of drug-likeness (QED) is 0.0261. The van der Waals surface area contributed by atoms with Gasteiger partial charge in [-0.15, -0.1) is 0 Å². The maximum Gasteiger partial charge on any atom is 0.306 e. The normalized spacial score (nSPS) is 13.2. The molecular weight excluding hydrogens is 949 g/mol. The highest BCUT2D eigenvalue weighted by atomic mass is 16.6. The molecule has 0 aliphatic carbocycles. The number of ether oxygens (including phenoxy) is 3. The van der Waals surface area contributed by atoms with E-state index >= 15 is 0 Å². The van der Waals surface area contributed by atoms with E-state index in [1.165, 1.54) is 64.2 Å². The Morgan fingerprint density at radius 1 is 0.273 bits per heavy atom. The molecule has 0 aliphatic heterocycles. The van der Waals surface area contributed by atoms with Gasteiger partial charge in [-0.1, -0.05) is 249 Å². The summed E-state index contributed by atoms with van der Waals surface area (Å²) >= 11 is 0. The molecule has 0 spiro atoms. The van der Waals surface area contributed by atoms with Gasteiger partial charge in [-0.2, -0.15) is 0 Å². The van der Waals surface area contributed by atoms with Crippen molar-refractivity contribution in [3.63, 3.8) is 0 Å². The third-order valence-electron chi connectivity index (χ3n) is 12.5. The molecule has 0 bridgehead atoms. The second-order valence-electron chi connectivity index (χ2n) is 19.8. The largest absolute Gasteiger partial charge is 0.462 e. The minimum Gasteiger partial charge on any atom is -0.462 e. The first-order valence-corrected chi connectivity index (χ1v) is 31.0. The van der Waals surface area contributed by atoms with Crippen molar-refractivity contribution >= 4 is 17.9 Å². The first kappa shape index (κ1) is 72.0. The van der Waals surface area contributed by atoms with Crippen LogP contribution in [0.1, 0.15) is 252 Å². The van der Waals surface area contributed by atoms with E-state index in [-0.39, 0.29) is 37.5 Å². The zero-order valence-corrected chi connectivity index (χ0v) is 49.4. The van der Waals surface area contributed by atoms with Gasteiger partial charge in [0.2, 0.25) is 0 Å². The van der Waals surface area contributed by atoms with Crippen molar-refractivity contribution in [2.45, 2.75) is 258 Å². The molecule has 1 unspecified atom stereocenters. The molecule has 1 atom stereocenters. The molecule has 0 amide bonds. The predicted molar refractivity (Wildman–Crippen MR) is 334 cm³/mol. The summed E-state index contributed by atoms with van der Waals surface area (Å²) in [5.74, 6) is -1.00. The Morgan fingerprint density at radius 2 is 0.519 bits per heavy atom. The monoisotopic (exact) mass is 1060 g/mol. The van der Waals surface area contributed by atoms with Crippen LogP contribution >= 0.6 is 0 Å². The number of carbonyl (C=O) groups excluding carboxylic acids is 3. The van der Waals surface area contributed by atoms with Gasteiger partial charge in [-0.3, -0.25) is 14.4 Å². The number of hydrogen-bond acceptors (Lipinski definition) is 6. The number of unbranched alkanes of at least 4 members (excludes halogenated alkanes) is 17. The highest BCUT2D eigenvalue weighted by molar-refractivity contribution is 5.71. The standard InChI is InChI=1S/C71H112O6/c1-4-7-10-13-16-19-22-25-28-31-32-33-34-35-36-37-38-41-43-46-49-52-55-58-61-64-70(73)76-67-68(77-71(74)65-62-59-56-53-50-47-44-40-30-27-24-21-18-15-12-9-6-3)66-75-69(72)63-60-57-54-51-48-45-42-39-29-26-23-20-17-14-11-8-5-2/h7,9-10,12,16-21,25-30,32-33,35-36,38,41,44,47,53,56,68H,4-6,8,11,13-15,22-24,31,34,37,39-40,42-43,45-46,48-52,54-55,57-67H2,1-3H3/b10-7-,12-9-,19-16-,20-17-,21-18-,28-25-,29-26-,30-27-,33-32-,36-35-,41-38-,47-44-,56-53-. The summed E-state index contributed by atoms with van der Waals surface area (Å²) in [6, 6.07) is 0. The molecule has 77 heavy (non-hydrogen) atoms. The maximum atomic E-state index is 12.9. The van der Waals surface area contributed by atoms with E-state index in [9.17, 15) is 14.4 Å². The van der Waals surface area contributed by atoms with E-state index < -0.39 is 6.10 Å². The van der Waals surface area contributed by atoms with Crippen LogP contribution in [0, 0.1) is 0 Å². The van der Waals surface area contributed by atoms with Crippen molar-refractivity contribution in [3.8, 4) is 0 Å². The van der Waals surface area contributed by atoms with E-state index in [4.69, 9.17) is 14.2 Å². The number of esters is 3. The molecule has 0 rings (SSSR count). The molecule has 6 nitrogen and oxygen atoms in total. The number of rotatable bonds is 54. The van der Waals surface area contributed by atoms with E-state index in [0.29, 0.717) is 19.3 Å². The summed E-state index contributed by atoms with van der Waals surface area (Å²) in [5, 5.41) is 0. The number of hydrogen-bond donors (Lipinski definition) is 0. The van der Waals surface area contributed by atoms with Gasteiger partial charge in [0.05, 0.1) is 0 Å².